The number of methoxy groups -OCH3 is 1. The van der Waals surface area contributed by atoms with Gasteiger partial charge in [0.25, 0.3) is 0 Å². The number of hydrogen-bond donors (Lipinski definition) is 0. The number of aromatic nitrogens is 2. The molecule has 0 unspecified atom stereocenters. The third kappa shape index (κ3) is 3.91. The SMILES string of the molecule is COc1ccccc1-c1noc(CN(C)C2CCCCCC2)n1. The molecule has 0 aliphatic heterocycles. The first-order valence-electron chi connectivity index (χ1n) is 8.44. The smallest absolute Gasteiger partial charge is 0.241 e. The topological polar surface area (TPSA) is 51.4 Å². The summed E-state index contributed by atoms with van der Waals surface area (Å²) in [7, 11) is 3.81. The highest BCUT2D eigenvalue weighted by Crippen LogP contribution is 2.27. The van der Waals surface area contributed by atoms with E-state index in [1.165, 1.54) is 38.5 Å². The van der Waals surface area contributed by atoms with E-state index >= 15 is 0 Å². The molecule has 5 heteroatoms. The van der Waals surface area contributed by atoms with Gasteiger partial charge in [0.1, 0.15) is 5.75 Å². The minimum Gasteiger partial charge on any atom is -0.496 e. The molecule has 0 N–H and O–H groups in total. The minimum absolute atomic E-state index is 0.590. The van der Waals surface area contributed by atoms with Gasteiger partial charge in [-0.2, -0.15) is 4.98 Å². The lowest BCUT2D eigenvalue weighted by Gasteiger charge is -2.25. The molecular formula is C18H25N3O2. The molecule has 1 aliphatic carbocycles. The van der Waals surface area contributed by atoms with Gasteiger partial charge in [-0.05, 0) is 32.0 Å². The summed E-state index contributed by atoms with van der Waals surface area (Å²) in [4.78, 5) is 6.90. The molecule has 5 nitrogen and oxygen atoms in total. The van der Waals surface area contributed by atoms with Crippen molar-refractivity contribution >= 4 is 0 Å². The van der Waals surface area contributed by atoms with Crippen LogP contribution in [0.5, 0.6) is 5.75 Å². The summed E-state index contributed by atoms with van der Waals surface area (Å²) in [5.41, 5.74) is 0.863. The Kier molecular flexibility index (Phi) is 5.28. The maximum Gasteiger partial charge on any atom is 0.241 e. The van der Waals surface area contributed by atoms with Gasteiger partial charge in [-0.15, -0.1) is 0 Å². The fraction of sp³-hybridized carbons (Fsp3) is 0.556. The number of nitrogens with zero attached hydrogens (tertiary/aromatic N) is 3. The predicted molar refractivity (Wildman–Crippen MR) is 89.2 cm³/mol. The van der Waals surface area contributed by atoms with Crippen molar-refractivity contribution in [3.63, 3.8) is 0 Å². The van der Waals surface area contributed by atoms with Crippen LogP contribution in [0.1, 0.15) is 44.4 Å². The van der Waals surface area contributed by atoms with E-state index in [1.807, 2.05) is 24.3 Å². The van der Waals surface area contributed by atoms with Crippen molar-refractivity contribution in [1.29, 1.82) is 0 Å². The average Bonchev–Trinajstić information content (AvgIpc) is 2.86. The Morgan fingerprint density at radius 2 is 1.91 bits per heavy atom. The number of benzene rings is 1. The molecule has 1 aromatic heterocycles. The molecule has 0 spiro atoms. The van der Waals surface area contributed by atoms with E-state index in [-0.39, 0.29) is 0 Å². The third-order valence-electron chi connectivity index (χ3n) is 4.65. The zero-order chi connectivity index (χ0) is 16.1. The van der Waals surface area contributed by atoms with Gasteiger partial charge in [0.05, 0.1) is 19.2 Å². The lowest BCUT2D eigenvalue weighted by molar-refractivity contribution is 0.187. The van der Waals surface area contributed by atoms with Gasteiger partial charge in [-0.3, -0.25) is 4.90 Å². The molecule has 1 fully saturated rings. The summed E-state index contributed by atoms with van der Waals surface area (Å²) in [6.07, 6.45) is 7.91. The monoisotopic (exact) mass is 315 g/mol. The molecule has 2 aromatic rings. The molecule has 124 valence electrons. The molecule has 0 atom stereocenters. The lowest BCUT2D eigenvalue weighted by Crippen LogP contribution is -2.30. The number of para-hydroxylation sites is 1. The first-order chi connectivity index (χ1) is 11.3. The fourth-order valence-electron chi connectivity index (χ4n) is 3.30. The predicted octanol–water partition coefficient (Wildman–Crippen LogP) is 3.90. The number of rotatable bonds is 5. The van der Waals surface area contributed by atoms with E-state index in [1.54, 1.807) is 7.11 Å². The highest BCUT2D eigenvalue weighted by molar-refractivity contribution is 5.63. The van der Waals surface area contributed by atoms with Crippen LogP contribution in [0.4, 0.5) is 0 Å². The molecule has 0 radical (unpaired) electrons. The van der Waals surface area contributed by atoms with Crippen molar-refractivity contribution in [3.8, 4) is 17.1 Å². The molecule has 0 bridgehead atoms. The van der Waals surface area contributed by atoms with E-state index in [9.17, 15) is 0 Å². The molecule has 0 amide bonds. The molecule has 3 rings (SSSR count). The van der Waals surface area contributed by atoms with E-state index in [2.05, 4.69) is 22.1 Å². The normalized spacial score (nSPS) is 16.5. The Hall–Kier alpha value is -1.88. The Morgan fingerprint density at radius 3 is 2.65 bits per heavy atom. The van der Waals surface area contributed by atoms with Crippen LogP contribution in [-0.2, 0) is 6.54 Å². The zero-order valence-electron chi connectivity index (χ0n) is 14.0. The molecular weight excluding hydrogens is 290 g/mol. The fourth-order valence-corrected chi connectivity index (χ4v) is 3.30. The number of ether oxygens (including phenoxy) is 1. The Morgan fingerprint density at radius 1 is 1.17 bits per heavy atom. The molecule has 1 aliphatic rings. The summed E-state index contributed by atoms with van der Waals surface area (Å²) >= 11 is 0. The summed E-state index contributed by atoms with van der Waals surface area (Å²) in [5, 5.41) is 4.12. The van der Waals surface area contributed by atoms with E-state index < -0.39 is 0 Å². The maximum atomic E-state index is 5.45. The second-order valence-electron chi connectivity index (χ2n) is 6.27. The highest BCUT2D eigenvalue weighted by atomic mass is 16.5. The Labute approximate surface area is 137 Å². The van der Waals surface area contributed by atoms with Crippen LogP contribution in [-0.4, -0.2) is 35.2 Å². The summed E-state index contributed by atoms with van der Waals surface area (Å²) < 4.78 is 10.8. The van der Waals surface area contributed by atoms with Gasteiger partial charge in [0.15, 0.2) is 0 Å². The standard InChI is InChI=1S/C18H25N3O2/c1-21(14-9-5-3-4-6-10-14)13-17-19-18(20-23-17)15-11-7-8-12-16(15)22-2/h7-8,11-12,14H,3-6,9-10,13H2,1-2H3. The van der Waals surface area contributed by atoms with Crippen LogP contribution in [0.25, 0.3) is 11.4 Å². The first kappa shape index (κ1) is 16.0. The van der Waals surface area contributed by atoms with Gasteiger partial charge in [0.2, 0.25) is 11.7 Å². The van der Waals surface area contributed by atoms with Crippen LogP contribution in [0.2, 0.25) is 0 Å². The van der Waals surface area contributed by atoms with E-state index in [0.29, 0.717) is 24.3 Å². The van der Waals surface area contributed by atoms with Crippen LogP contribution in [0.15, 0.2) is 28.8 Å². The molecule has 1 saturated carbocycles. The van der Waals surface area contributed by atoms with Crippen LogP contribution < -0.4 is 4.74 Å². The zero-order valence-corrected chi connectivity index (χ0v) is 14.0. The van der Waals surface area contributed by atoms with E-state index in [4.69, 9.17) is 9.26 Å². The minimum atomic E-state index is 0.590. The second kappa shape index (κ2) is 7.59. The summed E-state index contributed by atoms with van der Waals surface area (Å²) in [6, 6.07) is 8.36. The van der Waals surface area contributed by atoms with Crippen molar-refractivity contribution in [1.82, 2.24) is 15.0 Å². The average molecular weight is 315 g/mol. The van der Waals surface area contributed by atoms with Gasteiger partial charge in [0, 0.05) is 6.04 Å². The quantitative estimate of drug-likeness (QED) is 0.783. The maximum absolute atomic E-state index is 5.45. The Bertz CT molecular complexity index is 618. The summed E-state index contributed by atoms with van der Waals surface area (Å²) in [5.74, 6) is 2.02. The van der Waals surface area contributed by atoms with Crippen molar-refractivity contribution in [2.24, 2.45) is 0 Å². The number of hydrogen-bond acceptors (Lipinski definition) is 5. The highest BCUT2D eigenvalue weighted by Gasteiger charge is 2.20. The third-order valence-corrected chi connectivity index (χ3v) is 4.65. The second-order valence-corrected chi connectivity index (χ2v) is 6.27. The van der Waals surface area contributed by atoms with Crippen LogP contribution >= 0.6 is 0 Å². The van der Waals surface area contributed by atoms with Gasteiger partial charge < -0.3 is 9.26 Å². The van der Waals surface area contributed by atoms with Crippen molar-refractivity contribution in [3.05, 3.63) is 30.2 Å². The van der Waals surface area contributed by atoms with Crippen molar-refractivity contribution in [2.75, 3.05) is 14.2 Å². The van der Waals surface area contributed by atoms with Gasteiger partial charge in [-0.1, -0.05) is 43.0 Å². The summed E-state index contributed by atoms with van der Waals surface area (Å²) in [6.45, 7) is 0.701. The molecule has 0 saturated heterocycles. The van der Waals surface area contributed by atoms with E-state index in [0.717, 1.165) is 11.3 Å². The first-order valence-corrected chi connectivity index (χ1v) is 8.44. The van der Waals surface area contributed by atoms with Crippen molar-refractivity contribution < 1.29 is 9.26 Å². The Balaban J connectivity index is 1.69. The van der Waals surface area contributed by atoms with Gasteiger partial charge in [-0.25, -0.2) is 0 Å². The largest absolute Gasteiger partial charge is 0.496 e. The van der Waals surface area contributed by atoms with Gasteiger partial charge >= 0.3 is 0 Å². The van der Waals surface area contributed by atoms with Crippen LogP contribution in [0, 0.1) is 0 Å². The lowest BCUT2D eigenvalue weighted by atomic mass is 10.1. The van der Waals surface area contributed by atoms with Crippen molar-refractivity contribution in [2.45, 2.75) is 51.1 Å². The molecule has 23 heavy (non-hydrogen) atoms. The van der Waals surface area contributed by atoms with Crippen LogP contribution in [0.3, 0.4) is 0 Å². The molecule has 1 aromatic carbocycles. The molecule has 1 heterocycles.